The van der Waals surface area contributed by atoms with Crippen LogP contribution in [0.3, 0.4) is 0 Å². The van der Waals surface area contributed by atoms with E-state index in [-0.39, 0.29) is 12.1 Å². The Morgan fingerprint density at radius 2 is 1.73 bits per heavy atom. The van der Waals surface area contributed by atoms with Crippen molar-refractivity contribution in [2.45, 2.75) is 44.7 Å². The van der Waals surface area contributed by atoms with Crippen LogP contribution in [0.4, 0.5) is 10.6 Å². The van der Waals surface area contributed by atoms with E-state index in [1.807, 2.05) is 52.3 Å². The lowest BCUT2D eigenvalue weighted by molar-refractivity contribution is 0.195. The van der Waals surface area contributed by atoms with E-state index in [2.05, 4.69) is 23.7 Å². The molecule has 2 fully saturated rings. The standard InChI is InChI=1S/C22H23N3O/c1-2-24-19-10-6-7-11-20(19)25(22(24)26)21-15-14-18(16-23-21)13-12-17-8-4-3-5-9-17/h3-5,8-9,14-16,19-20H,2,6-7,10-11H2,1H3. The van der Waals surface area contributed by atoms with Crippen molar-refractivity contribution in [1.29, 1.82) is 0 Å². The fourth-order valence-corrected chi connectivity index (χ4v) is 4.08. The summed E-state index contributed by atoms with van der Waals surface area (Å²) in [4.78, 5) is 21.4. The van der Waals surface area contributed by atoms with Crippen molar-refractivity contribution < 1.29 is 4.79 Å². The Balaban J connectivity index is 1.57. The number of carbonyl (C=O) groups is 1. The Labute approximate surface area is 154 Å². The van der Waals surface area contributed by atoms with E-state index in [0.29, 0.717) is 6.04 Å². The summed E-state index contributed by atoms with van der Waals surface area (Å²) in [6, 6.07) is 14.5. The van der Waals surface area contributed by atoms with Crippen molar-refractivity contribution in [2.24, 2.45) is 0 Å². The van der Waals surface area contributed by atoms with Gasteiger partial charge in [0.1, 0.15) is 5.82 Å². The van der Waals surface area contributed by atoms with Crippen LogP contribution < -0.4 is 4.90 Å². The van der Waals surface area contributed by atoms with Gasteiger partial charge in [0.15, 0.2) is 0 Å². The van der Waals surface area contributed by atoms with E-state index in [0.717, 1.165) is 36.3 Å². The van der Waals surface area contributed by atoms with Crippen LogP contribution in [0.1, 0.15) is 43.7 Å². The van der Waals surface area contributed by atoms with Crippen LogP contribution in [-0.2, 0) is 0 Å². The van der Waals surface area contributed by atoms with E-state index < -0.39 is 0 Å². The number of aromatic nitrogens is 1. The number of nitrogens with zero attached hydrogens (tertiary/aromatic N) is 3. The number of likely N-dealkylation sites (N-methyl/N-ethyl adjacent to an activating group) is 1. The summed E-state index contributed by atoms with van der Waals surface area (Å²) in [5.41, 5.74) is 1.84. The number of rotatable bonds is 2. The Morgan fingerprint density at radius 1 is 1.00 bits per heavy atom. The van der Waals surface area contributed by atoms with Gasteiger partial charge in [0, 0.05) is 23.9 Å². The highest BCUT2D eigenvalue weighted by Crippen LogP contribution is 2.36. The van der Waals surface area contributed by atoms with Gasteiger partial charge in [-0.05, 0) is 44.0 Å². The first kappa shape index (κ1) is 16.7. The Morgan fingerprint density at radius 3 is 2.42 bits per heavy atom. The van der Waals surface area contributed by atoms with E-state index in [4.69, 9.17) is 0 Å². The van der Waals surface area contributed by atoms with Gasteiger partial charge in [-0.2, -0.15) is 0 Å². The first-order valence-electron chi connectivity index (χ1n) is 9.41. The number of hydrogen-bond acceptors (Lipinski definition) is 2. The summed E-state index contributed by atoms with van der Waals surface area (Å²) in [7, 11) is 0. The van der Waals surface area contributed by atoms with Crippen LogP contribution >= 0.6 is 0 Å². The maximum absolute atomic E-state index is 12.9. The van der Waals surface area contributed by atoms with Gasteiger partial charge in [-0.15, -0.1) is 0 Å². The minimum Gasteiger partial charge on any atom is -0.320 e. The van der Waals surface area contributed by atoms with Crippen LogP contribution in [0.5, 0.6) is 0 Å². The van der Waals surface area contributed by atoms with Gasteiger partial charge in [-0.25, -0.2) is 9.78 Å². The van der Waals surface area contributed by atoms with Gasteiger partial charge in [-0.3, -0.25) is 4.90 Å². The van der Waals surface area contributed by atoms with Gasteiger partial charge in [0.2, 0.25) is 0 Å². The van der Waals surface area contributed by atoms with Gasteiger partial charge >= 0.3 is 6.03 Å². The van der Waals surface area contributed by atoms with E-state index in [9.17, 15) is 4.79 Å². The Kier molecular flexibility index (Phi) is 4.62. The molecule has 0 radical (unpaired) electrons. The van der Waals surface area contributed by atoms with Crippen LogP contribution in [0.25, 0.3) is 0 Å². The van der Waals surface area contributed by atoms with Crippen molar-refractivity contribution in [2.75, 3.05) is 11.4 Å². The fraction of sp³-hybridized carbons (Fsp3) is 0.364. The third-order valence-electron chi connectivity index (χ3n) is 5.34. The SMILES string of the molecule is CCN1C(=O)N(c2ccc(C#Cc3ccccc3)cn2)C2CCCCC21. The third kappa shape index (κ3) is 3.06. The number of fused-ring (bicyclic) bond motifs is 1. The summed E-state index contributed by atoms with van der Waals surface area (Å²) in [6.07, 6.45) is 6.32. The maximum Gasteiger partial charge on any atom is 0.326 e. The number of anilines is 1. The van der Waals surface area contributed by atoms with Crippen molar-refractivity contribution in [1.82, 2.24) is 9.88 Å². The highest BCUT2D eigenvalue weighted by atomic mass is 16.2. The molecule has 4 rings (SSSR count). The molecule has 0 spiro atoms. The second kappa shape index (κ2) is 7.21. The minimum atomic E-state index is 0.0972. The monoisotopic (exact) mass is 345 g/mol. The van der Waals surface area contributed by atoms with Gasteiger partial charge < -0.3 is 4.90 Å². The summed E-state index contributed by atoms with van der Waals surface area (Å²) in [6.45, 7) is 2.82. The molecular formula is C22H23N3O. The number of urea groups is 1. The molecule has 2 aliphatic rings. The molecule has 1 aliphatic heterocycles. The summed E-state index contributed by atoms with van der Waals surface area (Å²) >= 11 is 0. The van der Waals surface area contributed by atoms with Crippen molar-refractivity contribution in [3.05, 3.63) is 59.8 Å². The highest BCUT2D eigenvalue weighted by molar-refractivity contribution is 5.94. The Hall–Kier alpha value is -2.80. The molecule has 4 heteroatoms. The molecule has 132 valence electrons. The van der Waals surface area contributed by atoms with E-state index in [1.54, 1.807) is 6.20 Å². The van der Waals surface area contributed by atoms with Crippen LogP contribution in [-0.4, -0.2) is 34.5 Å². The number of amides is 2. The predicted octanol–water partition coefficient (Wildman–Crippen LogP) is 4.05. The molecule has 1 aromatic heterocycles. The fourth-order valence-electron chi connectivity index (χ4n) is 4.08. The van der Waals surface area contributed by atoms with Crippen LogP contribution in [0.15, 0.2) is 48.7 Å². The normalized spacial score (nSPS) is 22.0. The number of pyridine rings is 1. The average molecular weight is 345 g/mol. The number of benzene rings is 1. The molecule has 0 N–H and O–H groups in total. The molecule has 2 amide bonds. The molecule has 1 aliphatic carbocycles. The average Bonchev–Trinajstić information content (AvgIpc) is 2.99. The van der Waals surface area contributed by atoms with E-state index in [1.165, 1.54) is 12.8 Å². The summed E-state index contributed by atoms with van der Waals surface area (Å²) < 4.78 is 0. The predicted molar refractivity (Wildman–Crippen MR) is 103 cm³/mol. The Bertz CT molecular complexity index is 835. The molecule has 26 heavy (non-hydrogen) atoms. The van der Waals surface area contributed by atoms with Crippen molar-refractivity contribution in [3.8, 4) is 11.8 Å². The number of carbonyl (C=O) groups excluding carboxylic acids is 1. The molecule has 1 saturated heterocycles. The van der Waals surface area contributed by atoms with E-state index >= 15 is 0 Å². The molecular weight excluding hydrogens is 322 g/mol. The van der Waals surface area contributed by atoms with Crippen molar-refractivity contribution in [3.63, 3.8) is 0 Å². The first-order valence-corrected chi connectivity index (χ1v) is 9.41. The summed E-state index contributed by atoms with van der Waals surface area (Å²) in [5.74, 6) is 7.02. The zero-order chi connectivity index (χ0) is 17.9. The van der Waals surface area contributed by atoms with Gasteiger partial charge in [0.05, 0.1) is 12.1 Å². The first-order chi connectivity index (χ1) is 12.8. The molecule has 2 unspecified atom stereocenters. The second-order valence-corrected chi connectivity index (χ2v) is 6.88. The van der Waals surface area contributed by atoms with Crippen LogP contribution in [0, 0.1) is 11.8 Å². The van der Waals surface area contributed by atoms with Gasteiger partial charge in [0.25, 0.3) is 0 Å². The largest absolute Gasteiger partial charge is 0.326 e. The topological polar surface area (TPSA) is 36.4 Å². The molecule has 1 saturated carbocycles. The molecule has 4 nitrogen and oxygen atoms in total. The van der Waals surface area contributed by atoms with Crippen molar-refractivity contribution >= 4 is 11.8 Å². The lowest BCUT2D eigenvalue weighted by Gasteiger charge is -2.31. The minimum absolute atomic E-state index is 0.0972. The maximum atomic E-state index is 12.9. The summed E-state index contributed by atoms with van der Waals surface area (Å²) in [5, 5.41) is 0. The molecule has 1 aromatic carbocycles. The quantitative estimate of drug-likeness (QED) is 0.770. The molecule has 2 aromatic rings. The second-order valence-electron chi connectivity index (χ2n) is 6.88. The zero-order valence-corrected chi connectivity index (χ0v) is 15.1. The molecule has 0 bridgehead atoms. The van der Waals surface area contributed by atoms with Crippen LogP contribution in [0.2, 0.25) is 0 Å². The lowest BCUT2D eigenvalue weighted by Crippen LogP contribution is -2.40. The van der Waals surface area contributed by atoms with Gasteiger partial charge in [-0.1, -0.05) is 42.9 Å². The smallest absolute Gasteiger partial charge is 0.320 e. The highest BCUT2D eigenvalue weighted by Gasteiger charge is 2.46. The third-order valence-corrected chi connectivity index (χ3v) is 5.34. The molecule has 2 atom stereocenters. The lowest BCUT2D eigenvalue weighted by atomic mass is 9.90. The number of hydrogen-bond donors (Lipinski definition) is 0. The molecule has 2 heterocycles. The zero-order valence-electron chi connectivity index (χ0n) is 15.1.